The normalized spacial score (nSPS) is 42.5. The number of hydrogen-bond donors (Lipinski definition) is 5. The van der Waals surface area contributed by atoms with E-state index in [0.29, 0.717) is 30.2 Å². The molecular weight excluding hydrogens is 576 g/mol. The lowest BCUT2D eigenvalue weighted by Gasteiger charge is -2.72. The van der Waals surface area contributed by atoms with Gasteiger partial charge in [-0.1, -0.05) is 46.8 Å². The van der Waals surface area contributed by atoms with Gasteiger partial charge in [0, 0.05) is 24.7 Å². The summed E-state index contributed by atoms with van der Waals surface area (Å²) in [5, 5.41) is 36.6. The highest BCUT2D eigenvalue weighted by atomic mass is 16.3. The lowest BCUT2D eigenvalue weighted by molar-refractivity contribution is -0.246. The molecule has 5 N–H and O–H groups in total. The van der Waals surface area contributed by atoms with Crippen molar-refractivity contribution in [1.82, 2.24) is 10.6 Å². The summed E-state index contributed by atoms with van der Waals surface area (Å²) in [6.45, 7) is 19.6. The molecule has 2 amide bonds. The van der Waals surface area contributed by atoms with Crippen LogP contribution in [0, 0.1) is 56.7 Å². The molecular formula is C39H58N2O5. The maximum Gasteiger partial charge on any atom is 0.251 e. The standard InChI is InChI=1S/C39H58N2O5/c1-23(2)27-10-15-39(34(46)41-19-18-40-33(45)24-20-25(42)22-26(43)21-24)17-16-37(6)28(32(27)39)8-9-30-36(5)13-12-31(44)35(3,4)29(36)11-14-38(30,37)7/h20-22,27-32,42-44H,1,8-19H2,2-7H3,(H,40,45)(H,41,46)/t27-,28+,29-,30+,31-,32+,36-,37+,38+,39-/m0/s1. The number of amides is 2. The van der Waals surface area contributed by atoms with E-state index in [1.54, 1.807) is 0 Å². The summed E-state index contributed by atoms with van der Waals surface area (Å²) in [6.07, 6.45) is 10.3. The third kappa shape index (κ3) is 4.76. The highest BCUT2D eigenvalue weighted by Crippen LogP contribution is 2.77. The van der Waals surface area contributed by atoms with Gasteiger partial charge in [0.1, 0.15) is 11.5 Å². The first-order chi connectivity index (χ1) is 21.5. The van der Waals surface area contributed by atoms with Gasteiger partial charge in [-0.05, 0) is 135 Å². The van der Waals surface area contributed by atoms with E-state index in [-0.39, 0.29) is 63.2 Å². The van der Waals surface area contributed by atoms with Crippen LogP contribution in [0.1, 0.15) is 116 Å². The second kappa shape index (κ2) is 11.3. The van der Waals surface area contributed by atoms with Crippen LogP contribution in [0.15, 0.2) is 30.4 Å². The maximum absolute atomic E-state index is 14.3. The number of aromatic hydroxyl groups is 2. The minimum atomic E-state index is -0.421. The molecule has 7 nitrogen and oxygen atoms in total. The highest BCUT2D eigenvalue weighted by molar-refractivity contribution is 5.95. The van der Waals surface area contributed by atoms with Gasteiger partial charge < -0.3 is 26.0 Å². The first-order valence-electron chi connectivity index (χ1n) is 17.9. The van der Waals surface area contributed by atoms with E-state index in [4.69, 9.17) is 0 Å². The SMILES string of the molecule is C=C(C)[C@@H]1CC[C@]2(C(=O)NCCNC(=O)c3cc(O)cc(O)c3)CC[C@]3(C)[C@H](CC[C@@H]4[C@@]5(C)CC[C@H](O)C(C)(C)[C@@H]5CC[C@]43C)[C@@H]12. The van der Waals surface area contributed by atoms with Crippen molar-refractivity contribution in [2.45, 2.75) is 112 Å². The number of fused-ring (bicyclic) bond motifs is 7. The first-order valence-corrected chi connectivity index (χ1v) is 17.9. The number of allylic oxidation sites excluding steroid dienone is 1. The number of aliphatic hydroxyl groups excluding tert-OH is 1. The molecule has 0 saturated heterocycles. The molecule has 0 aromatic heterocycles. The highest BCUT2D eigenvalue weighted by Gasteiger charge is 2.71. The Kier molecular flexibility index (Phi) is 8.18. The van der Waals surface area contributed by atoms with Crippen molar-refractivity contribution in [2.75, 3.05) is 13.1 Å². The summed E-state index contributed by atoms with van der Waals surface area (Å²) >= 11 is 0. The van der Waals surface area contributed by atoms with Gasteiger partial charge >= 0.3 is 0 Å². The molecule has 0 aliphatic heterocycles. The molecule has 0 heterocycles. The summed E-state index contributed by atoms with van der Waals surface area (Å²) in [4.78, 5) is 26.9. The molecule has 1 aromatic carbocycles. The average Bonchev–Trinajstić information content (AvgIpc) is 3.38. The third-order valence-corrected chi connectivity index (χ3v) is 15.4. The Labute approximate surface area is 276 Å². The molecule has 5 saturated carbocycles. The van der Waals surface area contributed by atoms with Crippen LogP contribution in [0.4, 0.5) is 0 Å². The van der Waals surface area contributed by atoms with E-state index in [2.05, 4.69) is 58.8 Å². The minimum Gasteiger partial charge on any atom is -0.508 e. The number of aliphatic hydroxyl groups is 1. The van der Waals surface area contributed by atoms with Crippen molar-refractivity contribution in [2.24, 2.45) is 56.7 Å². The predicted molar refractivity (Wildman–Crippen MR) is 180 cm³/mol. The van der Waals surface area contributed by atoms with Crippen molar-refractivity contribution in [1.29, 1.82) is 0 Å². The summed E-state index contributed by atoms with van der Waals surface area (Å²) < 4.78 is 0. The maximum atomic E-state index is 14.3. The second-order valence-corrected chi connectivity index (χ2v) is 17.5. The molecule has 5 aliphatic carbocycles. The van der Waals surface area contributed by atoms with E-state index in [9.17, 15) is 24.9 Å². The van der Waals surface area contributed by atoms with Crippen molar-refractivity contribution >= 4 is 11.8 Å². The molecule has 6 rings (SSSR count). The number of phenols is 2. The van der Waals surface area contributed by atoms with Gasteiger partial charge in [-0.3, -0.25) is 9.59 Å². The van der Waals surface area contributed by atoms with Crippen LogP contribution in [0.5, 0.6) is 11.5 Å². The second-order valence-electron chi connectivity index (χ2n) is 17.5. The van der Waals surface area contributed by atoms with Crippen LogP contribution in [0.2, 0.25) is 0 Å². The van der Waals surface area contributed by atoms with Gasteiger partial charge in [-0.25, -0.2) is 0 Å². The number of rotatable bonds is 6. The van der Waals surface area contributed by atoms with E-state index in [0.717, 1.165) is 44.9 Å². The van der Waals surface area contributed by atoms with Gasteiger partial charge in [0.15, 0.2) is 0 Å². The van der Waals surface area contributed by atoms with E-state index < -0.39 is 11.3 Å². The fourth-order valence-electron chi connectivity index (χ4n) is 12.9. The number of nitrogens with one attached hydrogen (secondary N) is 2. The molecule has 0 bridgehead atoms. The van der Waals surface area contributed by atoms with Crippen molar-refractivity contribution in [3.8, 4) is 11.5 Å². The third-order valence-electron chi connectivity index (χ3n) is 15.4. The molecule has 0 unspecified atom stereocenters. The molecule has 10 atom stereocenters. The Balaban J connectivity index is 1.21. The Bertz CT molecular complexity index is 1390. The number of phenolic OH excluding ortho intramolecular Hbond substituents is 2. The van der Waals surface area contributed by atoms with Crippen molar-refractivity contribution in [3.63, 3.8) is 0 Å². The minimum absolute atomic E-state index is 0.0630. The number of benzene rings is 1. The Hall–Kier alpha value is -2.54. The van der Waals surface area contributed by atoms with Gasteiger partial charge in [-0.15, -0.1) is 0 Å². The lowest BCUT2D eigenvalue weighted by atomic mass is 9.32. The fourth-order valence-corrected chi connectivity index (χ4v) is 12.9. The molecule has 46 heavy (non-hydrogen) atoms. The van der Waals surface area contributed by atoms with Gasteiger partial charge in [0.2, 0.25) is 5.91 Å². The molecule has 0 radical (unpaired) electrons. The molecule has 5 aliphatic rings. The molecule has 0 spiro atoms. The lowest BCUT2D eigenvalue weighted by Crippen LogP contribution is -2.67. The predicted octanol–water partition coefficient (Wildman–Crippen LogP) is 6.96. The summed E-state index contributed by atoms with van der Waals surface area (Å²) in [7, 11) is 0. The monoisotopic (exact) mass is 634 g/mol. The van der Waals surface area contributed by atoms with E-state index >= 15 is 0 Å². The number of hydrogen-bond acceptors (Lipinski definition) is 5. The first kappa shape index (κ1) is 33.4. The zero-order chi connectivity index (χ0) is 33.4. The zero-order valence-electron chi connectivity index (χ0n) is 29.0. The number of carbonyl (C=O) groups is 2. The fraction of sp³-hybridized carbons (Fsp3) is 0.744. The van der Waals surface area contributed by atoms with Crippen LogP contribution >= 0.6 is 0 Å². The van der Waals surface area contributed by atoms with E-state index in [1.807, 2.05) is 0 Å². The van der Waals surface area contributed by atoms with E-state index in [1.165, 1.54) is 43.0 Å². The summed E-state index contributed by atoms with van der Waals surface area (Å²) in [6, 6.07) is 3.81. The van der Waals surface area contributed by atoms with Crippen LogP contribution in [0.3, 0.4) is 0 Å². The smallest absolute Gasteiger partial charge is 0.251 e. The zero-order valence-corrected chi connectivity index (χ0v) is 29.0. The summed E-state index contributed by atoms with van der Waals surface area (Å²) in [5.74, 6) is 1.58. The molecule has 5 fully saturated rings. The van der Waals surface area contributed by atoms with Crippen LogP contribution < -0.4 is 10.6 Å². The van der Waals surface area contributed by atoms with Gasteiger partial charge in [-0.2, -0.15) is 0 Å². The topological polar surface area (TPSA) is 119 Å². The number of carbonyl (C=O) groups excluding carboxylic acids is 2. The Morgan fingerprint density at radius 2 is 1.48 bits per heavy atom. The molecule has 254 valence electrons. The van der Waals surface area contributed by atoms with Crippen molar-refractivity contribution in [3.05, 3.63) is 35.9 Å². The molecule has 7 heteroatoms. The van der Waals surface area contributed by atoms with Crippen molar-refractivity contribution < 1.29 is 24.9 Å². The Morgan fingerprint density at radius 3 is 2.15 bits per heavy atom. The van der Waals surface area contributed by atoms with Crippen LogP contribution in [0.25, 0.3) is 0 Å². The molecule has 1 aromatic rings. The van der Waals surface area contributed by atoms with Crippen LogP contribution in [-0.4, -0.2) is 46.3 Å². The summed E-state index contributed by atoms with van der Waals surface area (Å²) in [5.41, 5.74) is 1.45. The van der Waals surface area contributed by atoms with Gasteiger partial charge in [0.25, 0.3) is 5.91 Å². The van der Waals surface area contributed by atoms with Crippen LogP contribution in [-0.2, 0) is 4.79 Å². The largest absolute Gasteiger partial charge is 0.508 e. The quantitative estimate of drug-likeness (QED) is 0.171. The van der Waals surface area contributed by atoms with Gasteiger partial charge in [0.05, 0.1) is 11.5 Å². The average molecular weight is 635 g/mol. The Morgan fingerprint density at radius 1 is 0.804 bits per heavy atom.